The summed E-state index contributed by atoms with van der Waals surface area (Å²) in [6, 6.07) is 0. The molecule has 6 nitrogen and oxygen atoms in total. The van der Waals surface area contributed by atoms with Crippen LogP contribution in [0.1, 0.15) is 26.7 Å². The van der Waals surface area contributed by atoms with Crippen molar-refractivity contribution in [1.29, 1.82) is 0 Å². The molecule has 2 rings (SSSR count). The van der Waals surface area contributed by atoms with Gasteiger partial charge in [0.2, 0.25) is 5.91 Å². The number of nitrogens with two attached hydrogens (primary N) is 1. The number of rotatable bonds is 5. The van der Waals surface area contributed by atoms with Crippen molar-refractivity contribution in [2.24, 2.45) is 17.1 Å². The van der Waals surface area contributed by atoms with Crippen LogP contribution in [0.25, 0.3) is 0 Å². The van der Waals surface area contributed by atoms with E-state index in [0.29, 0.717) is 38.5 Å². The summed E-state index contributed by atoms with van der Waals surface area (Å²) in [4.78, 5) is 12.5. The fourth-order valence-corrected chi connectivity index (χ4v) is 2.45. The van der Waals surface area contributed by atoms with Crippen molar-refractivity contribution in [3.8, 4) is 0 Å². The molecule has 1 amide bonds. The third-order valence-corrected chi connectivity index (χ3v) is 3.77. The Morgan fingerprint density at radius 3 is 2.76 bits per heavy atom. The van der Waals surface area contributed by atoms with Gasteiger partial charge in [0.15, 0.2) is 0 Å². The molecule has 7 heteroatoms. The van der Waals surface area contributed by atoms with E-state index >= 15 is 0 Å². The fraction of sp³-hybridized carbons (Fsp3) is 0.714. The molecule has 1 aromatic heterocycles. The van der Waals surface area contributed by atoms with Crippen LogP contribution in [0.3, 0.4) is 0 Å². The summed E-state index contributed by atoms with van der Waals surface area (Å²) in [5.41, 5.74) is 6.06. The van der Waals surface area contributed by atoms with Crippen LogP contribution in [0.5, 0.6) is 0 Å². The molecule has 0 spiro atoms. The Morgan fingerprint density at radius 2 is 2.19 bits per heavy atom. The highest BCUT2D eigenvalue weighted by Gasteiger charge is 2.38. The molecule has 1 fully saturated rings. The van der Waals surface area contributed by atoms with Crippen LogP contribution in [0.4, 0.5) is 5.69 Å². The molecule has 120 valence electrons. The largest absolute Gasteiger partial charge is 0.381 e. The minimum Gasteiger partial charge on any atom is -0.381 e. The molecule has 0 bridgehead atoms. The quantitative estimate of drug-likeness (QED) is 0.865. The maximum absolute atomic E-state index is 12.5. The molecule has 0 unspecified atom stereocenters. The standard InChI is InChI=1S/C14H24N4O2.ClH/c1-11(2)8-18-9-12(7-16-18)17-13(19)14(10-15)3-5-20-6-4-14;/h7,9,11H,3-6,8,10,15H2,1-2H3,(H,17,19);1H. The Kier molecular flexibility index (Phi) is 6.64. The zero-order valence-electron chi connectivity index (χ0n) is 12.7. The topological polar surface area (TPSA) is 82.2 Å². The molecule has 1 aliphatic heterocycles. The van der Waals surface area contributed by atoms with Gasteiger partial charge in [-0.2, -0.15) is 5.10 Å². The van der Waals surface area contributed by atoms with Crippen LogP contribution in [0.15, 0.2) is 12.4 Å². The van der Waals surface area contributed by atoms with Gasteiger partial charge in [-0.15, -0.1) is 12.4 Å². The maximum Gasteiger partial charge on any atom is 0.232 e. The lowest BCUT2D eigenvalue weighted by Gasteiger charge is -2.34. The zero-order chi connectivity index (χ0) is 14.6. The highest BCUT2D eigenvalue weighted by molar-refractivity contribution is 5.95. The maximum atomic E-state index is 12.5. The number of anilines is 1. The number of hydrogen-bond donors (Lipinski definition) is 2. The van der Waals surface area contributed by atoms with Crippen LogP contribution < -0.4 is 11.1 Å². The van der Waals surface area contributed by atoms with Gasteiger partial charge < -0.3 is 15.8 Å². The highest BCUT2D eigenvalue weighted by atomic mass is 35.5. The van der Waals surface area contributed by atoms with E-state index in [4.69, 9.17) is 10.5 Å². The molecule has 0 atom stereocenters. The Bertz CT molecular complexity index is 456. The van der Waals surface area contributed by atoms with Crippen molar-refractivity contribution in [3.63, 3.8) is 0 Å². The minimum atomic E-state index is -0.502. The molecule has 0 aliphatic carbocycles. The Balaban J connectivity index is 0.00000220. The highest BCUT2D eigenvalue weighted by Crippen LogP contribution is 2.30. The summed E-state index contributed by atoms with van der Waals surface area (Å²) in [5, 5.41) is 7.19. The summed E-state index contributed by atoms with van der Waals surface area (Å²) in [6.07, 6.45) is 4.90. The number of carbonyl (C=O) groups excluding carboxylic acids is 1. The second-order valence-corrected chi connectivity index (χ2v) is 5.90. The fourth-order valence-electron chi connectivity index (χ4n) is 2.45. The second-order valence-electron chi connectivity index (χ2n) is 5.90. The number of ether oxygens (including phenoxy) is 1. The van der Waals surface area contributed by atoms with Crippen molar-refractivity contribution in [2.75, 3.05) is 25.1 Å². The normalized spacial score (nSPS) is 17.3. The van der Waals surface area contributed by atoms with Crippen LogP contribution in [-0.4, -0.2) is 35.4 Å². The number of nitrogens with one attached hydrogen (secondary N) is 1. The van der Waals surface area contributed by atoms with Gasteiger partial charge in [-0.05, 0) is 18.8 Å². The average molecular weight is 317 g/mol. The van der Waals surface area contributed by atoms with Crippen molar-refractivity contribution >= 4 is 24.0 Å². The number of nitrogens with zero attached hydrogens (tertiary/aromatic N) is 2. The minimum absolute atomic E-state index is 0. The van der Waals surface area contributed by atoms with Gasteiger partial charge in [-0.25, -0.2) is 0 Å². The predicted octanol–water partition coefficient (Wildman–Crippen LogP) is 1.65. The molecule has 1 aromatic rings. The lowest BCUT2D eigenvalue weighted by atomic mass is 9.79. The lowest BCUT2D eigenvalue weighted by Crippen LogP contribution is -2.46. The molecule has 0 radical (unpaired) electrons. The SMILES string of the molecule is CC(C)Cn1cc(NC(=O)C2(CN)CCOCC2)cn1.Cl. The average Bonchev–Trinajstić information content (AvgIpc) is 2.85. The van der Waals surface area contributed by atoms with E-state index in [1.807, 2.05) is 10.9 Å². The van der Waals surface area contributed by atoms with E-state index in [9.17, 15) is 4.79 Å². The van der Waals surface area contributed by atoms with E-state index < -0.39 is 5.41 Å². The first-order valence-electron chi connectivity index (χ1n) is 7.17. The van der Waals surface area contributed by atoms with Crippen molar-refractivity contribution in [1.82, 2.24) is 9.78 Å². The summed E-state index contributed by atoms with van der Waals surface area (Å²) in [6.45, 7) is 6.64. The van der Waals surface area contributed by atoms with E-state index in [0.717, 1.165) is 12.2 Å². The van der Waals surface area contributed by atoms with Gasteiger partial charge in [-0.3, -0.25) is 9.48 Å². The van der Waals surface area contributed by atoms with Crippen LogP contribution in [0.2, 0.25) is 0 Å². The third-order valence-electron chi connectivity index (χ3n) is 3.77. The molecule has 2 heterocycles. The first-order valence-corrected chi connectivity index (χ1v) is 7.17. The molecule has 21 heavy (non-hydrogen) atoms. The predicted molar refractivity (Wildman–Crippen MR) is 84.5 cm³/mol. The summed E-state index contributed by atoms with van der Waals surface area (Å²) < 4.78 is 7.17. The van der Waals surface area contributed by atoms with E-state index in [2.05, 4.69) is 24.3 Å². The van der Waals surface area contributed by atoms with Gasteiger partial charge in [0.25, 0.3) is 0 Å². The van der Waals surface area contributed by atoms with E-state index in [-0.39, 0.29) is 18.3 Å². The molecule has 1 saturated heterocycles. The van der Waals surface area contributed by atoms with Gasteiger partial charge in [-0.1, -0.05) is 13.8 Å². The monoisotopic (exact) mass is 316 g/mol. The summed E-state index contributed by atoms with van der Waals surface area (Å²) >= 11 is 0. The Morgan fingerprint density at radius 1 is 1.52 bits per heavy atom. The van der Waals surface area contributed by atoms with E-state index in [1.165, 1.54) is 0 Å². The van der Waals surface area contributed by atoms with E-state index in [1.54, 1.807) is 6.20 Å². The molecule has 1 aliphatic rings. The number of halogens is 1. The molecule has 0 saturated carbocycles. The van der Waals surface area contributed by atoms with Gasteiger partial charge in [0.1, 0.15) is 0 Å². The van der Waals surface area contributed by atoms with Gasteiger partial charge in [0.05, 0.1) is 17.3 Å². The van der Waals surface area contributed by atoms with Crippen molar-refractivity contribution < 1.29 is 9.53 Å². The molecule has 3 N–H and O–H groups in total. The lowest BCUT2D eigenvalue weighted by molar-refractivity contribution is -0.130. The summed E-state index contributed by atoms with van der Waals surface area (Å²) in [5.74, 6) is 0.497. The second kappa shape index (κ2) is 7.77. The Hall–Kier alpha value is -1.11. The van der Waals surface area contributed by atoms with Crippen molar-refractivity contribution in [2.45, 2.75) is 33.2 Å². The number of amides is 1. The molecule has 0 aromatic carbocycles. The smallest absolute Gasteiger partial charge is 0.232 e. The zero-order valence-corrected chi connectivity index (χ0v) is 13.5. The number of carbonyl (C=O) groups is 1. The number of hydrogen-bond acceptors (Lipinski definition) is 4. The summed E-state index contributed by atoms with van der Waals surface area (Å²) in [7, 11) is 0. The van der Waals surface area contributed by atoms with Crippen LogP contribution in [0, 0.1) is 11.3 Å². The van der Waals surface area contributed by atoms with Crippen LogP contribution >= 0.6 is 12.4 Å². The number of aromatic nitrogens is 2. The van der Waals surface area contributed by atoms with Crippen molar-refractivity contribution in [3.05, 3.63) is 12.4 Å². The molecular weight excluding hydrogens is 292 g/mol. The first-order chi connectivity index (χ1) is 9.55. The van der Waals surface area contributed by atoms with Gasteiger partial charge in [0, 0.05) is 32.5 Å². The third kappa shape index (κ3) is 4.43. The van der Waals surface area contributed by atoms with Gasteiger partial charge >= 0.3 is 0 Å². The first kappa shape index (κ1) is 17.9. The van der Waals surface area contributed by atoms with Crippen LogP contribution in [-0.2, 0) is 16.1 Å². The molecular formula is C14H25ClN4O2. The Labute approximate surface area is 131 Å².